The van der Waals surface area contributed by atoms with Gasteiger partial charge >= 0.3 is 0 Å². The largest absolute Gasteiger partial charge is 0.494 e. The zero-order valence-electron chi connectivity index (χ0n) is 50.1. The van der Waals surface area contributed by atoms with Crippen LogP contribution < -0.4 is 0 Å². The van der Waals surface area contributed by atoms with E-state index in [1.54, 1.807) is 0 Å². The molecule has 0 bridgehead atoms. The van der Waals surface area contributed by atoms with Gasteiger partial charge in [-0.25, -0.2) is 0 Å². The highest BCUT2D eigenvalue weighted by atomic mass is 16.5. The van der Waals surface area contributed by atoms with Crippen LogP contribution in [0.3, 0.4) is 0 Å². The summed E-state index contributed by atoms with van der Waals surface area (Å²) in [6.07, 6.45) is 52.6. The minimum absolute atomic E-state index is 0.282. The highest BCUT2D eigenvalue weighted by molar-refractivity contribution is 5.39. The summed E-state index contributed by atoms with van der Waals surface area (Å²) in [5, 5.41) is 21.5. The molecule has 4 nitrogen and oxygen atoms in total. The predicted octanol–water partition coefficient (Wildman–Crippen LogP) is 20.9. The predicted molar refractivity (Wildman–Crippen MR) is 323 cm³/mol. The van der Waals surface area contributed by atoms with Crippen molar-refractivity contribution < 1.29 is 19.7 Å². The van der Waals surface area contributed by atoms with E-state index in [9.17, 15) is 10.2 Å². The van der Waals surface area contributed by atoms with Gasteiger partial charge in [0.15, 0.2) is 11.5 Å². The Morgan fingerprint density at radius 3 is 0.712 bits per heavy atom. The Morgan fingerprint density at radius 2 is 0.507 bits per heavy atom. The van der Waals surface area contributed by atoms with Crippen LogP contribution in [-0.4, -0.2) is 36.6 Å². The molecular weight excluding hydrogens is 893 g/mol. The van der Waals surface area contributed by atoms with Gasteiger partial charge < -0.3 is 19.7 Å². The molecule has 410 valence electrons. The number of hydrogen-bond acceptors (Lipinski definition) is 4. The minimum atomic E-state index is -0.906. The standard InChI is InChI=1S/C69H110O4/c1-52(2)28-17-29-53(3)30-18-31-54(4)32-19-33-55(5)34-20-35-56(6)36-21-37-57(7)38-22-39-58(8)40-23-41-59(9)42-24-43-60(10)44-25-45-61(11)46-26-47-62(12)48-27-49-63(13)50-51-65-64(14)66(70)68(72-15)69(73-16)67(65)71/h28,30,32,34,36,38,40,42,44,46,48,50,66-67,70-71H,17-27,29,31,33,35,37,39,41,43,45,47,49,51H2,1-16H3/b53-30+,54-32+,55-34+,56-36+,57-38+,58-40+,59-42+,60-44+,61-46+,62-48+,63-50+. The molecule has 0 aromatic carbocycles. The fraction of sp³-hybridized carbons (Fsp3) is 0.594. The summed E-state index contributed by atoms with van der Waals surface area (Å²) >= 11 is 0. The second-order valence-corrected chi connectivity index (χ2v) is 22.1. The van der Waals surface area contributed by atoms with Crippen LogP contribution in [0.15, 0.2) is 162 Å². The molecule has 1 rings (SSSR count). The maximum atomic E-state index is 10.9. The van der Waals surface area contributed by atoms with E-state index >= 15 is 0 Å². The van der Waals surface area contributed by atoms with Gasteiger partial charge in [0.1, 0.15) is 12.2 Å². The van der Waals surface area contributed by atoms with Crippen LogP contribution in [0.5, 0.6) is 0 Å². The number of rotatable bonds is 37. The lowest BCUT2D eigenvalue weighted by molar-refractivity contribution is 0.0794. The molecule has 73 heavy (non-hydrogen) atoms. The first-order valence-electron chi connectivity index (χ1n) is 28.5. The molecule has 0 amide bonds. The summed E-state index contributed by atoms with van der Waals surface area (Å²) in [4.78, 5) is 0. The molecule has 0 saturated heterocycles. The lowest BCUT2D eigenvalue weighted by Gasteiger charge is -2.30. The van der Waals surface area contributed by atoms with Crippen LogP contribution in [-0.2, 0) is 9.47 Å². The quantitative estimate of drug-likeness (QED) is 0.0609. The van der Waals surface area contributed by atoms with Crippen molar-refractivity contribution in [3.05, 3.63) is 162 Å². The van der Waals surface area contributed by atoms with Crippen molar-refractivity contribution in [3.63, 3.8) is 0 Å². The molecule has 0 aromatic heterocycles. The molecule has 0 fully saturated rings. The molecule has 0 aromatic rings. The molecule has 2 unspecified atom stereocenters. The first-order chi connectivity index (χ1) is 34.8. The molecule has 0 radical (unpaired) electrons. The first-order valence-corrected chi connectivity index (χ1v) is 28.5. The minimum Gasteiger partial charge on any atom is -0.494 e. The van der Waals surface area contributed by atoms with Crippen molar-refractivity contribution in [2.24, 2.45) is 0 Å². The Morgan fingerprint density at radius 1 is 0.315 bits per heavy atom. The van der Waals surface area contributed by atoms with E-state index in [-0.39, 0.29) is 11.5 Å². The van der Waals surface area contributed by atoms with Gasteiger partial charge in [0.05, 0.1) is 14.2 Å². The van der Waals surface area contributed by atoms with Crippen molar-refractivity contribution >= 4 is 0 Å². The van der Waals surface area contributed by atoms with Gasteiger partial charge in [0.25, 0.3) is 0 Å². The van der Waals surface area contributed by atoms with Crippen molar-refractivity contribution in [2.75, 3.05) is 14.2 Å². The fourth-order valence-corrected chi connectivity index (χ4v) is 9.17. The van der Waals surface area contributed by atoms with E-state index in [1.165, 1.54) is 107 Å². The number of aliphatic hydroxyl groups excluding tert-OH is 2. The van der Waals surface area contributed by atoms with E-state index in [1.807, 2.05) is 6.92 Å². The molecule has 2 N–H and O–H groups in total. The van der Waals surface area contributed by atoms with Gasteiger partial charge in [-0.3, -0.25) is 0 Å². The van der Waals surface area contributed by atoms with E-state index < -0.39 is 12.2 Å². The second-order valence-electron chi connectivity index (χ2n) is 22.1. The van der Waals surface area contributed by atoms with Gasteiger partial charge in [0.2, 0.25) is 0 Å². The van der Waals surface area contributed by atoms with Crippen LogP contribution in [0.25, 0.3) is 0 Å². The van der Waals surface area contributed by atoms with Gasteiger partial charge in [-0.15, -0.1) is 0 Å². The molecule has 0 spiro atoms. The van der Waals surface area contributed by atoms with Gasteiger partial charge in [-0.1, -0.05) is 140 Å². The third-order valence-electron chi connectivity index (χ3n) is 14.5. The molecule has 0 saturated carbocycles. The number of aliphatic hydroxyl groups is 2. The number of ether oxygens (including phenoxy) is 2. The second kappa shape index (κ2) is 40.2. The molecule has 0 heterocycles. The summed E-state index contributed by atoms with van der Waals surface area (Å²) in [5.41, 5.74) is 19.2. The van der Waals surface area contributed by atoms with Crippen molar-refractivity contribution in [1.82, 2.24) is 0 Å². The Balaban J connectivity index is 2.28. The monoisotopic (exact) mass is 1000 g/mol. The maximum absolute atomic E-state index is 10.9. The molecule has 2 atom stereocenters. The number of hydrogen-bond donors (Lipinski definition) is 2. The highest BCUT2D eigenvalue weighted by Crippen LogP contribution is 2.34. The third kappa shape index (κ3) is 32.7. The van der Waals surface area contributed by atoms with Crippen LogP contribution in [0, 0.1) is 0 Å². The summed E-state index contributed by atoms with van der Waals surface area (Å²) in [7, 11) is 2.98. The first kappa shape index (κ1) is 66.9. The molecule has 1 aliphatic rings. The lowest BCUT2D eigenvalue weighted by atomic mass is 9.88. The van der Waals surface area contributed by atoms with Crippen molar-refractivity contribution in [2.45, 2.75) is 257 Å². The Kier molecular flexibility index (Phi) is 36.9. The van der Waals surface area contributed by atoms with E-state index in [2.05, 4.69) is 163 Å². The summed E-state index contributed by atoms with van der Waals surface area (Å²) in [6, 6.07) is 0. The van der Waals surface area contributed by atoms with E-state index in [0.29, 0.717) is 6.42 Å². The Hall–Kier alpha value is -4.12. The Bertz CT molecular complexity index is 2080. The van der Waals surface area contributed by atoms with Gasteiger partial charge in [-0.05, 0) is 256 Å². The van der Waals surface area contributed by atoms with E-state index in [0.717, 1.165) is 127 Å². The van der Waals surface area contributed by atoms with Crippen LogP contribution in [0.1, 0.15) is 245 Å². The topological polar surface area (TPSA) is 58.9 Å². The summed E-state index contributed by atoms with van der Waals surface area (Å²) < 4.78 is 10.7. The van der Waals surface area contributed by atoms with Crippen molar-refractivity contribution in [1.29, 1.82) is 0 Å². The van der Waals surface area contributed by atoms with Gasteiger partial charge in [-0.2, -0.15) is 0 Å². The molecular formula is C69H110O4. The zero-order valence-corrected chi connectivity index (χ0v) is 50.1. The molecule has 4 heteroatoms. The summed E-state index contributed by atoms with van der Waals surface area (Å²) in [6.45, 7) is 31.2. The Labute approximate surface area is 451 Å². The average molecular weight is 1000 g/mol. The normalized spacial score (nSPS) is 17.9. The van der Waals surface area contributed by atoms with Crippen LogP contribution in [0.4, 0.5) is 0 Å². The molecule has 1 aliphatic carbocycles. The highest BCUT2D eigenvalue weighted by Gasteiger charge is 2.34. The average Bonchev–Trinajstić information content (AvgIpc) is 3.32. The van der Waals surface area contributed by atoms with Crippen molar-refractivity contribution in [3.8, 4) is 0 Å². The van der Waals surface area contributed by atoms with Gasteiger partial charge in [0, 0.05) is 0 Å². The molecule has 0 aliphatic heterocycles. The van der Waals surface area contributed by atoms with Crippen LogP contribution in [0.2, 0.25) is 0 Å². The fourth-order valence-electron chi connectivity index (χ4n) is 9.17. The third-order valence-corrected chi connectivity index (χ3v) is 14.5. The SMILES string of the molecule is COC1=C(OC)C(O)C(C/C=C(\C)CC/C=C(\C)CC/C=C(\C)CC/C=C(\C)CC/C=C(\C)CC/C=C(\C)CC/C=C(\C)CC/C=C(\C)CC/C=C(\C)CC/C=C(\C)CC/C=C(\C)CCC=C(C)C)=C(C)C1O. The zero-order chi connectivity index (χ0) is 54.6. The smallest absolute Gasteiger partial charge is 0.169 e. The van der Waals surface area contributed by atoms with Crippen LogP contribution >= 0.6 is 0 Å². The number of methoxy groups -OCH3 is 2. The lowest BCUT2D eigenvalue weighted by Crippen LogP contribution is -2.31. The number of allylic oxidation sites excluding steroid dienone is 24. The summed E-state index contributed by atoms with van der Waals surface area (Å²) in [5.74, 6) is 0.569. The van der Waals surface area contributed by atoms with E-state index in [4.69, 9.17) is 9.47 Å². The maximum Gasteiger partial charge on any atom is 0.169 e.